The molecular formula is C15H23FN2O. The maximum atomic E-state index is 13.5. The lowest BCUT2D eigenvalue weighted by Crippen LogP contribution is -2.24. The van der Waals surface area contributed by atoms with Crippen LogP contribution in [0.25, 0.3) is 0 Å². The highest BCUT2D eigenvalue weighted by Crippen LogP contribution is 2.31. The first-order chi connectivity index (χ1) is 9.15. The Morgan fingerprint density at radius 1 is 1.53 bits per heavy atom. The minimum Gasteiger partial charge on any atom is -0.384 e. The molecule has 2 unspecified atom stereocenters. The lowest BCUT2D eigenvalue weighted by molar-refractivity contribution is 0.161. The third kappa shape index (κ3) is 3.25. The molecule has 1 aliphatic rings. The molecule has 0 bridgehead atoms. The molecule has 1 fully saturated rings. The average Bonchev–Trinajstić information content (AvgIpc) is 2.86. The van der Waals surface area contributed by atoms with Crippen molar-refractivity contribution in [2.24, 2.45) is 5.92 Å². The van der Waals surface area contributed by atoms with Crippen molar-refractivity contribution >= 4 is 5.69 Å². The van der Waals surface area contributed by atoms with Crippen LogP contribution >= 0.6 is 0 Å². The van der Waals surface area contributed by atoms with Crippen LogP contribution in [0.4, 0.5) is 10.1 Å². The molecule has 0 aromatic heterocycles. The van der Waals surface area contributed by atoms with Gasteiger partial charge in [0.1, 0.15) is 5.82 Å². The molecule has 0 saturated carbocycles. The number of anilines is 1. The van der Waals surface area contributed by atoms with Gasteiger partial charge in [-0.3, -0.25) is 0 Å². The Hall–Kier alpha value is -1.13. The van der Waals surface area contributed by atoms with Crippen molar-refractivity contribution in [2.75, 3.05) is 38.8 Å². The fourth-order valence-corrected chi connectivity index (χ4v) is 2.74. The Morgan fingerprint density at radius 2 is 2.32 bits per heavy atom. The summed E-state index contributed by atoms with van der Waals surface area (Å²) in [6.45, 7) is 4.86. The second-order valence-electron chi connectivity index (χ2n) is 5.27. The van der Waals surface area contributed by atoms with Crippen molar-refractivity contribution in [1.29, 1.82) is 0 Å². The first-order valence-electron chi connectivity index (χ1n) is 6.86. The highest BCUT2D eigenvalue weighted by Gasteiger charge is 2.25. The van der Waals surface area contributed by atoms with Crippen LogP contribution in [-0.2, 0) is 4.74 Å². The molecule has 1 heterocycles. The standard InChI is InChI=1S/C15H23FN2O/c1-11(17-2)14-8-13(16)4-5-15(14)18-7-6-12(9-18)10-19-3/h4-5,8,11-12,17H,6-7,9-10H2,1-3H3. The van der Waals surface area contributed by atoms with Gasteiger partial charge < -0.3 is 15.0 Å². The van der Waals surface area contributed by atoms with E-state index in [0.29, 0.717) is 5.92 Å². The quantitative estimate of drug-likeness (QED) is 0.886. The number of hydrogen-bond acceptors (Lipinski definition) is 3. The molecule has 106 valence electrons. The number of ether oxygens (including phenoxy) is 1. The second kappa shape index (κ2) is 6.35. The molecule has 1 N–H and O–H groups in total. The van der Waals surface area contributed by atoms with Gasteiger partial charge in [0.2, 0.25) is 0 Å². The van der Waals surface area contributed by atoms with E-state index in [9.17, 15) is 4.39 Å². The van der Waals surface area contributed by atoms with Crippen molar-refractivity contribution in [3.05, 3.63) is 29.6 Å². The van der Waals surface area contributed by atoms with Gasteiger partial charge in [0.15, 0.2) is 0 Å². The summed E-state index contributed by atoms with van der Waals surface area (Å²) in [7, 11) is 3.64. The van der Waals surface area contributed by atoms with Crippen LogP contribution in [0.3, 0.4) is 0 Å². The highest BCUT2D eigenvalue weighted by atomic mass is 19.1. The van der Waals surface area contributed by atoms with Crippen molar-refractivity contribution < 1.29 is 9.13 Å². The number of benzene rings is 1. The van der Waals surface area contributed by atoms with E-state index in [1.54, 1.807) is 19.2 Å². The maximum Gasteiger partial charge on any atom is 0.123 e. The SMILES string of the molecule is CNC(C)c1cc(F)ccc1N1CCC(COC)C1. The summed E-state index contributed by atoms with van der Waals surface area (Å²) in [5.41, 5.74) is 2.17. The summed E-state index contributed by atoms with van der Waals surface area (Å²) in [4.78, 5) is 2.34. The van der Waals surface area contributed by atoms with E-state index >= 15 is 0 Å². The molecule has 2 atom stereocenters. The van der Waals surface area contributed by atoms with Crippen LogP contribution in [-0.4, -0.2) is 33.9 Å². The number of rotatable bonds is 5. The summed E-state index contributed by atoms with van der Waals surface area (Å²) < 4.78 is 18.7. The van der Waals surface area contributed by atoms with E-state index in [1.165, 1.54) is 0 Å². The Balaban J connectivity index is 2.20. The Kier molecular flexibility index (Phi) is 4.77. The van der Waals surface area contributed by atoms with E-state index in [-0.39, 0.29) is 11.9 Å². The van der Waals surface area contributed by atoms with Gasteiger partial charge in [-0.05, 0) is 44.2 Å². The van der Waals surface area contributed by atoms with Gasteiger partial charge in [-0.15, -0.1) is 0 Å². The molecule has 0 radical (unpaired) electrons. The van der Waals surface area contributed by atoms with Crippen LogP contribution in [0.1, 0.15) is 24.9 Å². The van der Waals surface area contributed by atoms with Gasteiger partial charge in [-0.25, -0.2) is 4.39 Å². The summed E-state index contributed by atoms with van der Waals surface area (Å²) in [6, 6.07) is 5.23. The largest absolute Gasteiger partial charge is 0.384 e. The van der Waals surface area contributed by atoms with Crippen molar-refractivity contribution in [1.82, 2.24) is 5.32 Å². The van der Waals surface area contributed by atoms with Crippen molar-refractivity contribution in [2.45, 2.75) is 19.4 Å². The molecule has 0 aliphatic carbocycles. The molecule has 1 aromatic carbocycles. The number of hydrogen-bond donors (Lipinski definition) is 1. The van der Waals surface area contributed by atoms with Crippen LogP contribution in [0.5, 0.6) is 0 Å². The molecule has 1 saturated heterocycles. The monoisotopic (exact) mass is 266 g/mol. The first-order valence-corrected chi connectivity index (χ1v) is 6.86. The van der Waals surface area contributed by atoms with E-state index in [0.717, 1.165) is 37.4 Å². The smallest absolute Gasteiger partial charge is 0.123 e. The Morgan fingerprint density at radius 3 is 3.00 bits per heavy atom. The molecule has 0 amide bonds. The van der Waals surface area contributed by atoms with Gasteiger partial charge in [-0.1, -0.05) is 0 Å². The zero-order chi connectivity index (χ0) is 13.8. The van der Waals surface area contributed by atoms with Crippen molar-refractivity contribution in [3.8, 4) is 0 Å². The molecule has 0 spiro atoms. The molecule has 3 nitrogen and oxygen atoms in total. The zero-order valence-electron chi connectivity index (χ0n) is 11.9. The minimum atomic E-state index is -0.173. The van der Waals surface area contributed by atoms with Gasteiger partial charge in [0.25, 0.3) is 0 Å². The van der Waals surface area contributed by atoms with Crippen molar-refractivity contribution in [3.63, 3.8) is 0 Å². The Bertz CT molecular complexity index is 425. The van der Waals surface area contributed by atoms with Crippen LogP contribution in [0, 0.1) is 11.7 Å². The van der Waals surface area contributed by atoms with Gasteiger partial charge in [0, 0.05) is 37.8 Å². The van der Waals surface area contributed by atoms with E-state index in [2.05, 4.69) is 17.1 Å². The normalized spacial score (nSPS) is 20.8. The van der Waals surface area contributed by atoms with Crippen LogP contribution < -0.4 is 10.2 Å². The van der Waals surface area contributed by atoms with E-state index in [1.807, 2.05) is 13.1 Å². The number of halogens is 1. The number of methoxy groups -OCH3 is 1. The van der Waals surface area contributed by atoms with Gasteiger partial charge in [-0.2, -0.15) is 0 Å². The fourth-order valence-electron chi connectivity index (χ4n) is 2.74. The average molecular weight is 266 g/mol. The van der Waals surface area contributed by atoms with E-state index < -0.39 is 0 Å². The third-order valence-electron chi connectivity index (χ3n) is 3.92. The maximum absolute atomic E-state index is 13.5. The number of nitrogens with zero attached hydrogens (tertiary/aromatic N) is 1. The number of nitrogens with one attached hydrogen (secondary N) is 1. The molecular weight excluding hydrogens is 243 g/mol. The summed E-state index contributed by atoms with van der Waals surface area (Å²) in [5, 5.41) is 3.19. The fraction of sp³-hybridized carbons (Fsp3) is 0.600. The first kappa shape index (κ1) is 14.3. The van der Waals surface area contributed by atoms with Gasteiger partial charge in [0.05, 0.1) is 6.61 Å². The Labute approximate surface area is 114 Å². The molecule has 1 aromatic rings. The lowest BCUT2D eigenvalue weighted by Gasteiger charge is -2.25. The van der Waals surface area contributed by atoms with Crippen LogP contribution in [0.15, 0.2) is 18.2 Å². The topological polar surface area (TPSA) is 24.5 Å². The van der Waals surface area contributed by atoms with E-state index in [4.69, 9.17) is 4.74 Å². The molecule has 4 heteroatoms. The highest BCUT2D eigenvalue weighted by molar-refractivity contribution is 5.56. The predicted molar refractivity (Wildman–Crippen MR) is 76.1 cm³/mol. The summed E-state index contributed by atoms with van der Waals surface area (Å²) >= 11 is 0. The third-order valence-corrected chi connectivity index (χ3v) is 3.92. The molecule has 2 rings (SSSR count). The summed E-state index contributed by atoms with van der Waals surface area (Å²) in [5.74, 6) is 0.404. The minimum absolute atomic E-state index is 0.146. The van der Waals surface area contributed by atoms with Gasteiger partial charge >= 0.3 is 0 Å². The molecule has 1 aliphatic heterocycles. The predicted octanol–water partition coefficient (Wildman–Crippen LogP) is 2.58. The zero-order valence-corrected chi connectivity index (χ0v) is 11.9. The summed E-state index contributed by atoms with van der Waals surface area (Å²) in [6.07, 6.45) is 1.14. The lowest BCUT2D eigenvalue weighted by atomic mass is 10.0. The second-order valence-corrected chi connectivity index (χ2v) is 5.27. The molecule has 19 heavy (non-hydrogen) atoms. The van der Waals surface area contributed by atoms with Crippen LogP contribution in [0.2, 0.25) is 0 Å².